The van der Waals surface area contributed by atoms with E-state index >= 15 is 0 Å². The first kappa shape index (κ1) is 14.1. The van der Waals surface area contributed by atoms with Gasteiger partial charge >= 0.3 is 0 Å². The first-order chi connectivity index (χ1) is 9.69. The van der Waals surface area contributed by atoms with Crippen molar-refractivity contribution >= 4 is 0 Å². The molecule has 0 aromatic heterocycles. The molecule has 2 rings (SSSR count). The molecular weight excluding hydrogens is 246 g/mol. The lowest BCUT2D eigenvalue weighted by atomic mass is 10.0. The second-order valence-electron chi connectivity index (χ2n) is 5.13. The van der Waals surface area contributed by atoms with Gasteiger partial charge in [-0.25, -0.2) is 0 Å². The van der Waals surface area contributed by atoms with Crippen molar-refractivity contribution in [2.45, 2.75) is 26.2 Å². The third-order valence-electron chi connectivity index (χ3n) is 3.29. The molecule has 0 bridgehead atoms. The zero-order chi connectivity index (χ0) is 14.4. The quantitative estimate of drug-likeness (QED) is 0.807. The fourth-order valence-corrected chi connectivity index (χ4v) is 1.98. The van der Waals surface area contributed by atoms with Crippen LogP contribution in [0.1, 0.15) is 36.5 Å². The maximum absolute atomic E-state index is 8.74. The van der Waals surface area contributed by atoms with Crippen molar-refractivity contribution in [3.05, 3.63) is 65.2 Å². The largest absolute Gasteiger partial charge is 0.493 e. The Labute approximate surface area is 120 Å². The lowest BCUT2D eigenvalue weighted by molar-refractivity contribution is 0.322. The van der Waals surface area contributed by atoms with E-state index in [-0.39, 0.29) is 0 Å². The Morgan fingerprint density at radius 2 is 1.65 bits per heavy atom. The van der Waals surface area contributed by atoms with Gasteiger partial charge in [-0.3, -0.25) is 0 Å². The predicted molar refractivity (Wildman–Crippen MR) is 80.9 cm³/mol. The summed E-state index contributed by atoms with van der Waals surface area (Å²) in [6.45, 7) is 5.01. The summed E-state index contributed by atoms with van der Waals surface area (Å²) in [5, 5.41) is 8.74. The number of hydrogen-bond acceptors (Lipinski definition) is 2. The Kier molecular flexibility index (Phi) is 4.79. The number of rotatable bonds is 5. The minimum atomic E-state index is 0.544. The molecule has 2 aromatic carbocycles. The van der Waals surface area contributed by atoms with Gasteiger partial charge in [-0.15, -0.1) is 0 Å². The van der Waals surface area contributed by atoms with Crippen molar-refractivity contribution in [3.63, 3.8) is 0 Å². The molecule has 0 saturated heterocycles. The summed E-state index contributed by atoms with van der Waals surface area (Å²) in [4.78, 5) is 0. The highest BCUT2D eigenvalue weighted by molar-refractivity contribution is 5.32. The monoisotopic (exact) mass is 265 g/mol. The first-order valence-electron chi connectivity index (χ1n) is 6.91. The standard InChI is InChI=1S/C18H19NO/c1-14(2)17-7-9-18(10-8-17)20-12-11-15-3-5-16(13-19)6-4-15/h3-10,14H,11-12H2,1-2H3. The maximum atomic E-state index is 8.74. The number of nitrogens with zero attached hydrogens (tertiary/aromatic N) is 1. The van der Waals surface area contributed by atoms with E-state index in [2.05, 4.69) is 32.0 Å². The molecule has 0 fully saturated rings. The molecule has 102 valence electrons. The van der Waals surface area contributed by atoms with Crippen molar-refractivity contribution in [2.75, 3.05) is 6.61 Å². The van der Waals surface area contributed by atoms with Crippen molar-refractivity contribution < 1.29 is 4.74 Å². The summed E-state index contributed by atoms with van der Waals surface area (Å²) in [7, 11) is 0. The summed E-state index contributed by atoms with van der Waals surface area (Å²) in [6.07, 6.45) is 0.845. The molecule has 0 spiro atoms. The zero-order valence-electron chi connectivity index (χ0n) is 12.0. The van der Waals surface area contributed by atoms with Crippen LogP contribution in [0.5, 0.6) is 5.75 Å². The van der Waals surface area contributed by atoms with Crippen LogP contribution < -0.4 is 4.74 Å². The minimum Gasteiger partial charge on any atom is -0.493 e. The van der Waals surface area contributed by atoms with Crippen molar-refractivity contribution in [1.82, 2.24) is 0 Å². The van der Waals surface area contributed by atoms with Crippen molar-refractivity contribution in [3.8, 4) is 11.8 Å². The zero-order valence-corrected chi connectivity index (χ0v) is 12.0. The fourth-order valence-electron chi connectivity index (χ4n) is 1.98. The van der Waals surface area contributed by atoms with Crippen LogP contribution in [0.2, 0.25) is 0 Å². The average Bonchev–Trinajstić information content (AvgIpc) is 2.48. The molecule has 0 radical (unpaired) electrons. The minimum absolute atomic E-state index is 0.544. The van der Waals surface area contributed by atoms with Gasteiger partial charge in [0.05, 0.1) is 18.2 Å². The molecule has 0 aliphatic heterocycles. The predicted octanol–water partition coefficient (Wildman–Crippen LogP) is 4.30. The molecule has 0 unspecified atom stereocenters. The van der Waals surface area contributed by atoms with Crippen LogP contribution in [-0.4, -0.2) is 6.61 Å². The van der Waals surface area contributed by atoms with Crippen LogP contribution in [0.25, 0.3) is 0 Å². The molecule has 0 atom stereocenters. The number of benzene rings is 2. The molecule has 0 saturated carbocycles. The summed E-state index contributed by atoms with van der Waals surface area (Å²) in [5.74, 6) is 1.45. The number of ether oxygens (including phenoxy) is 1. The van der Waals surface area contributed by atoms with Crippen LogP contribution in [0, 0.1) is 11.3 Å². The summed E-state index contributed by atoms with van der Waals surface area (Å²) in [6, 6.07) is 18.0. The Morgan fingerprint density at radius 1 is 1.00 bits per heavy atom. The molecule has 20 heavy (non-hydrogen) atoms. The summed E-state index contributed by atoms with van der Waals surface area (Å²) < 4.78 is 5.74. The van der Waals surface area contributed by atoms with Gasteiger partial charge in [-0.2, -0.15) is 5.26 Å². The fraction of sp³-hybridized carbons (Fsp3) is 0.278. The molecular formula is C18H19NO. The van der Waals surface area contributed by atoms with Crippen LogP contribution in [-0.2, 0) is 6.42 Å². The van der Waals surface area contributed by atoms with Gasteiger partial charge in [0.2, 0.25) is 0 Å². The van der Waals surface area contributed by atoms with E-state index in [1.807, 2.05) is 36.4 Å². The van der Waals surface area contributed by atoms with Gasteiger partial charge < -0.3 is 4.74 Å². The molecule has 0 N–H and O–H groups in total. The van der Waals surface area contributed by atoms with Crippen molar-refractivity contribution in [2.24, 2.45) is 0 Å². The van der Waals surface area contributed by atoms with E-state index in [0.29, 0.717) is 18.1 Å². The highest BCUT2D eigenvalue weighted by Gasteiger charge is 2.00. The van der Waals surface area contributed by atoms with Gasteiger partial charge in [-0.05, 0) is 41.3 Å². The topological polar surface area (TPSA) is 33.0 Å². The van der Waals surface area contributed by atoms with Gasteiger partial charge in [0.1, 0.15) is 5.75 Å². The second-order valence-corrected chi connectivity index (χ2v) is 5.13. The molecule has 2 nitrogen and oxygen atoms in total. The lowest BCUT2D eigenvalue weighted by Crippen LogP contribution is -2.01. The highest BCUT2D eigenvalue weighted by atomic mass is 16.5. The van der Waals surface area contributed by atoms with Gasteiger partial charge in [0, 0.05) is 6.42 Å². The first-order valence-corrected chi connectivity index (χ1v) is 6.91. The van der Waals surface area contributed by atoms with E-state index in [0.717, 1.165) is 12.2 Å². The molecule has 0 heterocycles. The molecule has 0 amide bonds. The van der Waals surface area contributed by atoms with Gasteiger partial charge in [0.25, 0.3) is 0 Å². The molecule has 2 heteroatoms. The van der Waals surface area contributed by atoms with E-state index in [1.54, 1.807) is 0 Å². The smallest absolute Gasteiger partial charge is 0.119 e. The Bertz CT molecular complexity index is 576. The van der Waals surface area contributed by atoms with Crippen molar-refractivity contribution in [1.29, 1.82) is 5.26 Å². The number of hydrogen-bond donors (Lipinski definition) is 0. The lowest BCUT2D eigenvalue weighted by Gasteiger charge is -2.09. The second kappa shape index (κ2) is 6.77. The molecule has 0 aliphatic carbocycles. The van der Waals surface area contributed by atoms with E-state index in [9.17, 15) is 0 Å². The molecule has 2 aromatic rings. The van der Waals surface area contributed by atoms with E-state index in [1.165, 1.54) is 11.1 Å². The Balaban J connectivity index is 1.84. The van der Waals surface area contributed by atoms with Crippen LogP contribution in [0.3, 0.4) is 0 Å². The number of nitriles is 1. The van der Waals surface area contributed by atoms with Crippen LogP contribution in [0.4, 0.5) is 0 Å². The summed E-state index contributed by atoms with van der Waals surface area (Å²) >= 11 is 0. The van der Waals surface area contributed by atoms with E-state index in [4.69, 9.17) is 10.00 Å². The van der Waals surface area contributed by atoms with Crippen LogP contribution in [0.15, 0.2) is 48.5 Å². The Hall–Kier alpha value is -2.27. The maximum Gasteiger partial charge on any atom is 0.119 e. The summed E-state index contributed by atoms with van der Waals surface area (Å²) in [5.41, 5.74) is 3.20. The molecule has 0 aliphatic rings. The Morgan fingerprint density at radius 3 is 2.20 bits per heavy atom. The van der Waals surface area contributed by atoms with Crippen LogP contribution >= 0.6 is 0 Å². The van der Waals surface area contributed by atoms with E-state index < -0.39 is 0 Å². The normalized spacial score (nSPS) is 10.3. The van der Waals surface area contributed by atoms with Gasteiger partial charge in [0.15, 0.2) is 0 Å². The van der Waals surface area contributed by atoms with Gasteiger partial charge in [-0.1, -0.05) is 38.1 Å². The third kappa shape index (κ3) is 3.86. The third-order valence-corrected chi connectivity index (χ3v) is 3.29. The average molecular weight is 265 g/mol. The SMILES string of the molecule is CC(C)c1ccc(OCCc2ccc(C#N)cc2)cc1. The highest BCUT2D eigenvalue weighted by Crippen LogP contribution is 2.18.